The minimum absolute atomic E-state index is 0.100. The molecule has 0 atom stereocenters. The molecule has 0 radical (unpaired) electrons. The van der Waals surface area contributed by atoms with E-state index in [1.54, 1.807) is 30.3 Å². The summed E-state index contributed by atoms with van der Waals surface area (Å²) in [6, 6.07) is 10.6. The zero-order valence-electron chi connectivity index (χ0n) is 12.4. The first kappa shape index (κ1) is 15.4. The maximum atomic E-state index is 12.3. The number of aromatic hydroxyl groups is 1. The Hall–Kier alpha value is -3.01. The van der Waals surface area contributed by atoms with Crippen LogP contribution in [0.25, 0.3) is 12.2 Å². The van der Waals surface area contributed by atoms with Crippen molar-refractivity contribution in [3.05, 3.63) is 66.2 Å². The molecular weight excluding hydrogens is 276 g/mol. The van der Waals surface area contributed by atoms with Crippen molar-refractivity contribution >= 4 is 29.4 Å². The van der Waals surface area contributed by atoms with Crippen LogP contribution in [0.4, 0.5) is 11.4 Å². The molecule has 0 unspecified atom stereocenters. The van der Waals surface area contributed by atoms with E-state index in [1.807, 2.05) is 19.2 Å². The molecule has 1 amide bonds. The lowest BCUT2D eigenvalue weighted by atomic mass is 10.0. The third-order valence-corrected chi connectivity index (χ3v) is 3.35. The van der Waals surface area contributed by atoms with Gasteiger partial charge in [-0.25, -0.2) is 0 Å². The average molecular weight is 294 g/mol. The summed E-state index contributed by atoms with van der Waals surface area (Å²) in [4.78, 5) is 12.3. The van der Waals surface area contributed by atoms with Gasteiger partial charge in [0.2, 0.25) is 0 Å². The largest absolute Gasteiger partial charge is 0.506 e. The molecule has 2 rings (SSSR count). The van der Waals surface area contributed by atoms with Crippen molar-refractivity contribution in [1.29, 1.82) is 0 Å². The van der Waals surface area contributed by atoms with Crippen molar-refractivity contribution in [2.75, 3.05) is 17.7 Å². The highest BCUT2D eigenvalue weighted by atomic mass is 16.3. The minimum Gasteiger partial charge on any atom is -0.506 e. The van der Waals surface area contributed by atoms with E-state index in [-0.39, 0.29) is 17.2 Å². The van der Waals surface area contributed by atoms with Crippen LogP contribution < -0.4 is 10.6 Å². The highest BCUT2D eigenvalue weighted by molar-refractivity contribution is 6.07. The maximum Gasteiger partial charge on any atom is 0.259 e. The van der Waals surface area contributed by atoms with Crippen LogP contribution in [-0.4, -0.2) is 18.1 Å². The van der Waals surface area contributed by atoms with Gasteiger partial charge in [0.05, 0.1) is 5.56 Å². The summed E-state index contributed by atoms with van der Waals surface area (Å²) >= 11 is 0. The maximum absolute atomic E-state index is 12.3. The molecule has 2 aromatic rings. The fraction of sp³-hybridized carbons (Fsp3) is 0.0556. The molecule has 0 saturated carbocycles. The summed E-state index contributed by atoms with van der Waals surface area (Å²) < 4.78 is 0. The summed E-state index contributed by atoms with van der Waals surface area (Å²) in [7, 11) is 1.82. The number of carbonyl (C=O) groups excluding carboxylic acids is 1. The Bertz CT molecular complexity index is 719. The molecule has 0 spiro atoms. The molecule has 112 valence electrons. The number of hydrogen-bond acceptors (Lipinski definition) is 3. The van der Waals surface area contributed by atoms with Crippen LogP contribution in [-0.2, 0) is 0 Å². The smallest absolute Gasteiger partial charge is 0.259 e. The fourth-order valence-corrected chi connectivity index (χ4v) is 2.12. The van der Waals surface area contributed by atoms with Crippen molar-refractivity contribution in [3.63, 3.8) is 0 Å². The number of phenolic OH excluding ortho intramolecular Hbond substituents is 1. The van der Waals surface area contributed by atoms with E-state index in [0.29, 0.717) is 11.3 Å². The molecule has 2 aromatic carbocycles. The minimum atomic E-state index is -0.381. The van der Waals surface area contributed by atoms with Crippen LogP contribution in [0.15, 0.2) is 49.6 Å². The molecule has 0 aliphatic carbocycles. The zero-order chi connectivity index (χ0) is 16.1. The average Bonchev–Trinajstić information content (AvgIpc) is 2.54. The second kappa shape index (κ2) is 6.63. The second-order valence-corrected chi connectivity index (χ2v) is 4.65. The Morgan fingerprint density at radius 1 is 1.05 bits per heavy atom. The van der Waals surface area contributed by atoms with Gasteiger partial charge in [-0.2, -0.15) is 0 Å². The van der Waals surface area contributed by atoms with Gasteiger partial charge >= 0.3 is 0 Å². The zero-order valence-corrected chi connectivity index (χ0v) is 12.4. The van der Waals surface area contributed by atoms with Crippen molar-refractivity contribution in [1.82, 2.24) is 0 Å². The molecule has 0 aromatic heterocycles. The topological polar surface area (TPSA) is 61.4 Å². The molecule has 0 bridgehead atoms. The number of phenols is 1. The van der Waals surface area contributed by atoms with Crippen LogP contribution in [0.5, 0.6) is 5.75 Å². The van der Waals surface area contributed by atoms with E-state index < -0.39 is 0 Å². The Balaban J connectivity index is 2.29. The van der Waals surface area contributed by atoms with Crippen LogP contribution >= 0.6 is 0 Å². The summed E-state index contributed by atoms with van der Waals surface area (Å²) in [5, 5.41) is 16.0. The first-order valence-corrected chi connectivity index (χ1v) is 6.80. The molecule has 0 fully saturated rings. The van der Waals surface area contributed by atoms with Crippen molar-refractivity contribution < 1.29 is 9.90 Å². The number of hydrogen-bond donors (Lipinski definition) is 3. The van der Waals surface area contributed by atoms with Gasteiger partial charge in [-0.05, 0) is 35.9 Å². The van der Waals surface area contributed by atoms with Gasteiger partial charge in [0.25, 0.3) is 5.91 Å². The van der Waals surface area contributed by atoms with Crippen LogP contribution in [0.1, 0.15) is 21.5 Å². The summed E-state index contributed by atoms with van der Waals surface area (Å²) in [5.41, 5.74) is 3.01. The van der Waals surface area contributed by atoms with E-state index in [0.717, 1.165) is 11.3 Å². The molecule has 0 heterocycles. The molecule has 0 saturated heterocycles. The highest BCUT2D eigenvalue weighted by Gasteiger charge is 2.15. The number of rotatable bonds is 5. The molecule has 22 heavy (non-hydrogen) atoms. The molecular formula is C18H18N2O2. The molecule has 0 aliphatic rings. The third kappa shape index (κ3) is 3.01. The third-order valence-electron chi connectivity index (χ3n) is 3.35. The van der Waals surface area contributed by atoms with Gasteiger partial charge in [0, 0.05) is 24.0 Å². The fourth-order valence-electron chi connectivity index (χ4n) is 2.12. The lowest BCUT2D eigenvalue weighted by Crippen LogP contribution is -2.12. The van der Waals surface area contributed by atoms with Crippen LogP contribution in [0.2, 0.25) is 0 Å². The van der Waals surface area contributed by atoms with Gasteiger partial charge in [0.1, 0.15) is 5.75 Å². The first-order chi connectivity index (χ1) is 10.6. The van der Waals surface area contributed by atoms with E-state index >= 15 is 0 Å². The van der Waals surface area contributed by atoms with E-state index in [9.17, 15) is 9.90 Å². The lowest BCUT2D eigenvalue weighted by Gasteiger charge is -2.11. The van der Waals surface area contributed by atoms with E-state index in [4.69, 9.17) is 0 Å². The standard InChI is InChI=1S/C18H18N2O2/c1-4-12-6-11-16(17(21)15(12)5-2)18(22)20-14-9-7-13(19-3)8-10-14/h4-11,19,21H,1-2H2,3H3,(H,20,22). The predicted molar refractivity (Wildman–Crippen MR) is 92.2 cm³/mol. The normalized spacial score (nSPS) is 9.86. The van der Waals surface area contributed by atoms with Crippen molar-refractivity contribution in [3.8, 4) is 5.75 Å². The first-order valence-electron chi connectivity index (χ1n) is 6.80. The van der Waals surface area contributed by atoms with Gasteiger partial charge in [-0.15, -0.1) is 0 Å². The van der Waals surface area contributed by atoms with Crippen molar-refractivity contribution in [2.45, 2.75) is 0 Å². The molecule has 3 N–H and O–H groups in total. The Morgan fingerprint density at radius 3 is 2.23 bits per heavy atom. The quantitative estimate of drug-likeness (QED) is 0.782. The Labute approximate surface area is 129 Å². The molecule has 0 aliphatic heterocycles. The van der Waals surface area contributed by atoms with Crippen LogP contribution in [0.3, 0.4) is 0 Å². The second-order valence-electron chi connectivity index (χ2n) is 4.65. The van der Waals surface area contributed by atoms with Gasteiger partial charge in [0.15, 0.2) is 0 Å². The molecule has 4 heteroatoms. The van der Waals surface area contributed by atoms with Gasteiger partial charge in [-0.3, -0.25) is 4.79 Å². The predicted octanol–water partition coefficient (Wildman–Crippen LogP) is 3.97. The van der Waals surface area contributed by atoms with Gasteiger partial charge < -0.3 is 15.7 Å². The number of amides is 1. The van der Waals surface area contributed by atoms with E-state index in [2.05, 4.69) is 23.8 Å². The summed E-state index contributed by atoms with van der Waals surface area (Å²) in [6.07, 6.45) is 3.11. The Kier molecular flexibility index (Phi) is 4.63. The summed E-state index contributed by atoms with van der Waals surface area (Å²) in [5.74, 6) is -0.481. The lowest BCUT2D eigenvalue weighted by molar-refractivity contribution is 0.102. The number of anilines is 2. The Morgan fingerprint density at radius 2 is 1.68 bits per heavy atom. The van der Waals surface area contributed by atoms with E-state index in [1.165, 1.54) is 6.08 Å². The highest BCUT2D eigenvalue weighted by Crippen LogP contribution is 2.28. The number of nitrogens with one attached hydrogen (secondary N) is 2. The number of carbonyl (C=O) groups is 1. The molecule has 4 nitrogen and oxygen atoms in total. The van der Waals surface area contributed by atoms with Crippen LogP contribution in [0, 0.1) is 0 Å². The monoisotopic (exact) mass is 294 g/mol. The summed E-state index contributed by atoms with van der Waals surface area (Å²) in [6.45, 7) is 7.33. The van der Waals surface area contributed by atoms with Crippen molar-refractivity contribution in [2.24, 2.45) is 0 Å². The van der Waals surface area contributed by atoms with Gasteiger partial charge in [-0.1, -0.05) is 31.4 Å². The number of benzene rings is 2. The SMILES string of the molecule is C=Cc1ccc(C(=O)Nc2ccc(NC)cc2)c(O)c1C=C.